The molecule has 0 aliphatic carbocycles. The normalized spacial score (nSPS) is 13.0. The summed E-state index contributed by atoms with van der Waals surface area (Å²) in [5, 5.41) is 10.4. The van der Waals surface area contributed by atoms with Crippen molar-refractivity contribution >= 4 is 11.6 Å². The van der Waals surface area contributed by atoms with Crippen LogP contribution >= 0.6 is 0 Å². The van der Waals surface area contributed by atoms with Gasteiger partial charge in [0.2, 0.25) is 0 Å². The van der Waals surface area contributed by atoms with E-state index in [2.05, 4.69) is 16.9 Å². The molecule has 0 atom stereocenters. The number of carbonyl (C=O) groups excluding carboxylic acids is 1. The van der Waals surface area contributed by atoms with Crippen molar-refractivity contribution in [3.05, 3.63) is 76.3 Å². The number of carbonyl (C=O) groups is 1. The predicted molar refractivity (Wildman–Crippen MR) is 98.4 cm³/mol. The van der Waals surface area contributed by atoms with Crippen molar-refractivity contribution in [2.75, 3.05) is 0 Å². The van der Waals surface area contributed by atoms with Crippen LogP contribution in [0.2, 0.25) is 0 Å². The summed E-state index contributed by atoms with van der Waals surface area (Å²) in [7, 11) is 0. The van der Waals surface area contributed by atoms with Gasteiger partial charge in [-0.25, -0.2) is 4.99 Å². The molecule has 4 heteroatoms. The van der Waals surface area contributed by atoms with Crippen LogP contribution in [-0.2, 0) is 6.42 Å². The van der Waals surface area contributed by atoms with E-state index >= 15 is 0 Å². The SMILES string of the molecule is CCc1ccc(-c2[nH]c(O)c3c2C(=O)N=C3c2ccc(C)cc2)cc1. The van der Waals surface area contributed by atoms with Gasteiger partial charge in [0.1, 0.15) is 0 Å². The van der Waals surface area contributed by atoms with E-state index < -0.39 is 0 Å². The third kappa shape index (κ3) is 2.47. The van der Waals surface area contributed by atoms with Gasteiger partial charge in [-0.2, -0.15) is 0 Å². The number of rotatable bonds is 3. The zero-order valence-electron chi connectivity index (χ0n) is 14.1. The Morgan fingerprint density at radius 1 is 0.960 bits per heavy atom. The lowest BCUT2D eigenvalue weighted by Crippen LogP contribution is -1.99. The van der Waals surface area contributed by atoms with Crippen LogP contribution in [0.5, 0.6) is 5.88 Å². The van der Waals surface area contributed by atoms with Gasteiger partial charge in [0.15, 0.2) is 5.88 Å². The number of aromatic hydroxyl groups is 1. The van der Waals surface area contributed by atoms with Gasteiger partial charge >= 0.3 is 0 Å². The minimum absolute atomic E-state index is 0.0188. The Labute approximate surface area is 145 Å². The summed E-state index contributed by atoms with van der Waals surface area (Å²) in [5.41, 5.74) is 6.10. The van der Waals surface area contributed by atoms with Crippen LogP contribution in [0.25, 0.3) is 11.3 Å². The Morgan fingerprint density at radius 3 is 2.24 bits per heavy atom. The zero-order valence-corrected chi connectivity index (χ0v) is 14.1. The monoisotopic (exact) mass is 330 g/mol. The van der Waals surface area contributed by atoms with E-state index in [1.54, 1.807) is 0 Å². The van der Waals surface area contributed by atoms with Crippen LogP contribution in [-0.4, -0.2) is 21.7 Å². The number of hydrogen-bond donors (Lipinski definition) is 2. The van der Waals surface area contributed by atoms with Crippen LogP contribution in [0.4, 0.5) is 0 Å². The average Bonchev–Trinajstić information content (AvgIpc) is 3.15. The first-order valence-corrected chi connectivity index (χ1v) is 8.33. The first-order valence-electron chi connectivity index (χ1n) is 8.33. The minimum Gasteiger partial charge on any atom is -0.494 e. The maximum absolute atomic E-state index is 12.5. The summed E-state index contributed by atoms with van der Waals surface area (Å²) in [6, 6.07) is 15.7. The lowest BCUT2D eigenvalue weighted by molar-refractivity contribution is 0.101. The van der Waals surface area contributed by atoms with Crippen LogP contribution in [0, 0.1) is 6.92 Å². The predicted octanol–water partition coefficient (Wildman–Crippen LogP) is 4.25. The summed E-state index contributed by atoms with van der Waals surface area (Å²) in [6.45, 7) is 4.10. The fraction of sp³-hybridized carbons (Fsp3) is 0.143. The first-order chi connectivity index (χ1) is 12.1. The van der Waals surface area contributed by atoms with Gasteiger partial charge in [-0.3, -0.25) is 4.79 Å². The molecule has 1 aromatic heterocycles. The number of amides is 1. The molecule has 0 fully saturated rings. The number of H-pyrrole nitrogens is 1. The Hall–Kier alpha value is -3.14. The molecule has 0 radical (unpaired) electrons. The molecular formula is C21H18N2O2. The van der Waals surface area contributed by atoms with Crippen LogP contribution in [0.15, 0.2) is 53.5 Å². The fourth-order valence-corrected chi connectivity index (χ4v) is 3.19. The summed E-state index contributed by atoms with van der Waals surface area (Å²) in [4.78, 5) is 19.7. The molecule has 2 N–H and O–H groups in total. The molecule has 1 aliphatic heterocycles. The molecule has 0 saturated heterocycles. The number of aromatic nitrogens is 1. The molecule has 0 unspecified atom stereocenters. The van der Waals surface area contributed by atoms with Crippen LogP contribution in [0.3, 0.4) is 0 Å². The average molecular weight is 330 g/mol. The molecule has 124 valence electrons. The number of nitrogens with one attached hydrogen (secondary N) is 1. The number of benzene rings is 2. The molecule has 0 bridgehead atoms. The molecule has 0 spiro atoms. The summed E-state index contributed by atoms with van der Waals surface area (Å²) in [5.74, 6) is -0.341. The quantitative estimate of drug-likeness (QED) is 0.754. The largest absolute Gasteiger partial charge is 0.494 e. The van der Waals surface area contributed by atoms with E-state index in [0.29, 0.717) is 22.5 Å². The molecule has 1 amide bonds. The molecule has 25 heavy (non-hydrogen) atoms. The van der Waals surface area contributed by atoms with Crippen molar-refractivity contribution in [3.63, 3.8) is 0 Å². The highest BCUT2D eigenvalue weighted by molar-refractivity contribution is 6.30. The van der Waals surface area contributed by atoms with Crippen LogP contribution < -0.4 is 0 Å². The summed E-state index contributed by atoms with van der Waals surface area (Å²) in [6.07, 6.45) is 0.952. The molecule has 4 nitrogen and oxygen atoms in total. The van der Waals surface area contributed by atoms with E-state index in [1.807, 2.05) is 55.5 Å². The van der Waals surface area contributed by atoms with E-state index in [0.717, 1.165) is 23.1 Å². The van der Waals surface area contributed by atoms with E-state index in [4.69, 9.17) is 0 Å². The number of aliphatic imine (C=N–C) groups is 1. The maximum Gasteiger partial charge on any atom is 0.280 e. The topological polar surface area (TPSA) is 65.4 Å². The van der Waals surface area contributed by atoms with Crippen molar-refractivity contribution in [2.45, 2.75) is 20.3 Å². The number of nitrogens with zero attached hydrogens (tertiary/aromatic N) is 1. The van der Waals surface area contributed by atoms with Gasteiger partial charge in [-0.05, 0) is 24.5 Å². The second kappa shape index (κ2) is 5.74. The van der Waals surface area contributed by atoms with E-state index in [1.165, 1.54) is 5.56 Å². The molecule has 1 aliphatic rings. The Kier molecular flexibility index (Phi) is 3.53. The van der Waals surface area contributed by atoms with Crippen molar-refractivity contribution < 1.29 is 9.90 Å². The van der Waals surface area contributed by atoms with Crippen molar-refractivity contribution in [1.29, 1.82) is 0 Å². The zero-order chi connectivity index (χ0) is 17.6. The smallest absolute Gasteiger partial charge is 0.280 e. The van der Waals surface area contributed by atoms with Gasteiger partial charge in [0.25, 0.3) is 5.91 Å². The number of aryl methyl sites for hydroxylation is 2. The van der Waals surface area contributed by atoms with Gasteiger partial charge < -0.3 is 10.1 Å². The summed E-state index contributed by atoms with van der Waals surface area (Å²) >= 11 is 0. The molecule has 3 aromatic rings. The Balaban J connectivity index is 1.83. The van der Waals surface area contributed by atoms with E-state index in [-0.39, 0.29) is 11.8 Å². The van der Waals surface area contributed by atoms with Gasteiger partial charge in [0.05, 0.1) is 22.5 Å². The van der Waals surface area contributed by atoms with Gasteiger partial charge in [-0.1, -0.05) is 61.0 Å². The second-order valence-electron chi connectivity index (χ2n) is 6.28. The molecule has 2 heterocycles. The van der Waals surface area contributed by atoms with Gasteiger partial charge in [-0.15, -0.1) is 0 Å². The number of aromatic amines is 1. The second-order valence-corrected chi connectivity index (χ2v) is 6.28. The highest BCUT2D eigenvalue weighted by atomic mass is 16.3. The van der Waals surface area contributed by atoms with Crippen molar-refractivity contribution in [1.82, 2.24) is 4.98 Å². The maximum atomic E-state index is 12.5. The molecular weight excluding hydrogens is 312 g/mol. The highest BCUT2D eigenvalue weighted by Gasteiger charge is 2.33. The first kappa shape index (κ1) is 15.4. The standard InChI is InChI=1S/C21H18N2O2/c1-3-13-6-10-15(11-7-13)19-17-16(20(24)23-19)18(22-21(17)25)14-8-4-12(2)5-9-14/h4-11,23-24H,3H2,1-2H3. The Morgan fingerprint density at radius 2 is 1.60 bits per heavy atom. The highest BCUT2D eigenvalue weighted by Crippen LogP contribution is 2.38. The minimum atomic E-state index is -0.323. The fourth-order valence-electron chi connectivity index (χ4n) is 3.19. The van der Waals surface area contributed by atoms with Crippen LogP contribution in [0.1, 0.15) is 39.5 Å². The number of hydrogen-bond acceptors (Lipinski definition) is 2. The Bertz CT molecular complexity index is 994. The lowest BCUT2D eigenvalue weighted by Gasteiger charge is -2.02. The summed E-state index contributed by atoms with van der Waals surface area (Å²) < 4.78 is 0. The molecule has 0 saturated carbocycles. The third-order valence-electron chi connectivity index (χ3n) is 4.62. The number of fused-ring (bicyclic) bond motifs is 1. The third-order valence-corrected chi connectivity index (χ3v) is 4.62. The van der Waals surface area contributed by atoms with Crippen molar-refractivity contribution in [2.24, 2.45) is 4.99 Å². The molecule has 4 rings (SSSR count). The lowest BCUT2D eigenvalue weighted by atomic mass is 9.99. The van der Waals surface area contributed by atoms with Gasteiger partial charge in [0, 0.05) is 5.56 Å². The molecule has 2 aromatic carbocycles. The van der Waals surface area contributed by atoms with Crippen molar-refractivity contribution in [3.8, 4) is 17.1 Å². The van der Waals surface area contributed by atoms with E-state index in [9.17, 15) is 9.90 Å².